The van der Waals surface area contributed by atoms with Gasteiger partial charge in [0.25, 0.3) is 11.5 Å². The van der Waals surface area contributed by atoms with Crippen molar-refractivity contribution in [3.8, 4) is 0 Å². The summed E-state index contributed by atoms with van der Waals surface area (Å²) in [4.78, 5) is 36.8. The van der Waals surface area contributed by atoms with E-state index in [1.165, 1.54) is 11.3 Å². The SMILES string of the molecule is CN(CC(=O)N1N=C(c2cccs2)C[C@@H]1c1cccs1)Cc1nc2ccsc2c(=O)[nH]1. The molecule has 0 bridgehead atoms. The van der Waals surface area contributed by atoms with Crippen LogP contribution in [-0.2, 0) is 11.3 Å². The number of rotatable bonds is 6. The van der Waals surface area contributed by atoms with E-state index in [1.54, 1.807) is 27.7 Å². The zero-order valence-electron chi connectivity index (χ0n) is 16.6. The molecule has 158 valence electrons. The maximum atomic E-state index is 13.2. The molecular formula is C21H19N5O2S3. The van der Waals surface area contributed by atoms with E-state index in [0.29, 0.717) is 29.0 Å². The highest BCUT2D eigenvalue weighted by molar-refractivity contribution is 7.17. The summed E-state index contributed by atoms with van der Waals surface area (Å²) in [5.74, 6) is 0.469. The Morgan fingerprint density at radius 3 is 2.81 bits per heavy atom. The zero-order chi connectivity index (χ0) is 21.4. The molecule has 1 amide bonds. The van der Waals surface area contributed by atoms with E-state index in [4.69, 9.17) is 5.10 Å². The minimum Gasteiger partial charge on any atom is -0.308 e. The molecule has 0 saturated heterocycles. The second-order valence-electron chi connectivity index (χ2n) is 7.32. The highest BCUT2D eigenvalue weighted by atomic mass is 32.1. The fourth-order valence-electron chi connectivity index (χ4n) is 3.65. The minimum absolute atomic E-state index is 0.0774. The van der Waals surface area contributed by atoms with E-state index in [9.17, 15) is 9.59 Å². The number of likely N-dealkylation sites (N-methyl/N-ethyl adjacent to an activating group) is 1. The van der Waals surface area contributed by atoms with E-state index < -0.39 is 0 Å². The topological polar surface area (TPSA) is 81.7 Å². The molecule has 5 rings (SSSR count). The molecule has 0 fully saturated rings. The van der Waals surface area contributed by atoms with Crippen LogP contribution in [-0.4, -0.2) is 45.1 Å². The molecule has 1 atom stereocenters. The van der Waals surface area contributed by atoms with Crippen LogP contribution in [0.1, 0.15) is 28.0 Å². The number of hydrogen-bond acceptors (Lipinski definition) is 8. The Morgan fingerprint density at radius 1 is 1.19 bits per heavy atom. The molecule has 1 N–H and O–H groups in total. The summed E-state index contributed by atoms with van der Waals surface area (Å²) in [7, 11) is 1.84. The lowest BCUT2D eigenvalue weighted by atomic mass is 10.1. The fourth-order valence-corrected chi connectivity index (χ4v) is 5.90. The number of hydrazone groups is 1. The molecule has 0 aromatic carbocycles. The highest BCUT2D eigenvalue weighted by Crippen LogP contribution is 2.36. The lowest BCUT2D eigenvalue weighted by Gasteiger charge is -2.23. The van der Waals surface area contributed by atoms with Gasteiger partial charge < -0.3 is 4.98 Å². The quantitative estimate of drug-likeness (QED) is 0.464. The number of carbonyl (C=O) groups excluding carboxylic acids is 1. The van der Waals surface area contributed by atoms with Gasteiger partial charge in [-0.3, -0.25) is 14.5 Å². The first kappa shape index (κ1) is 20.3. The fraction of sp³-hybridized carbons (Fsp3) is 0.238. The number of nitrogens with one attached hydrogen (secondary N) is 1. The normalized spacial score (nSPS) is 16.4. The molecule has 0 spiro atoms. The first-order valence-electron chi connectivity index (χ1n) is 9.70. The summed E-state index contributed by atoms with van der Waals surface area (Å²) in [6.45, 7) is 0.542. The molecule has 0 aliphatic carbocycles. The Morgan fingerprint density at radius 2 is 2.03 bits per heavy atom. The Bertz CT molecular complexity index is 1290. The van der Waals surface area contributed by atoms with Gasteiger partial charge in [-0.15, -0.1) is 34.0 Å². The third kappa shape index (κ3) is 4.11. The Hall–Kier alpha value is -2.66. The lowest BCUT2D eigenvalue weighted by Crippen LogP contribution is -2.36. The largest absolute Gasteiger partial charge is 0.308 e. The molecule has 1 aliphatic rings. The lowest BCUT2D eigenvalue weighted by molar-refractivity contribution is -0.134. The Kier molecular flexibility index (Phi) is 5.53. The van der Waals surface area contributed by atoms with Crippen LogP contribution in [0.5, 0.6) is 0 Å². The van der Waals surface area contributed by atoms with Gasteiger partial charge in [-0.05, 0) is 41.4 Å². The molecule has 4 aromatic rings. The van der Waals surface area contributed by atoms with E-state index in [-0.39, 0.29) is 24.1 Å². The summed E-state index contributed by atoms with van der Waals surface area (Å²) in [6, 6.07) is 9.84. The maximum Gasteiger partial charge on any atom is 0.268 e. The van der Waals surface area contributed by atoms with Crippen molar-refractivity contribution in [2.75, 3.05) is 13.6 Å². The highest BCUT2D eigenvalue weighted by Gasteiger charge is 2.34. The van der Waals surface area contributed by atoms with Crippen molar-refractivity contribution in [3.63, 3.8) is 0 Å². The first-order chi connectivity index (χ1) is 15.1. The van der Waals surface area contributed by atoms with Crippen molar-refractivity contribution in [1.82, 2.24) is 19.9 Å². The number of aromatic amines is 1. The van der Waals surface area contributed by atoms with Gasteiger partial charge in [0.15, 0.2) is 0 Å². The summed E-state index contributed by atoms with van der Waals surface area (Å²) in [6.07, 6.45) is 0.709. The van der Waals surface area contributed by atoms with Gasteiger partial charge in [-0.2, -0.15) is 5.10 Å². The molecule has 10 heteroatoms. The smallest absolute Gasteiger partial charge is 0.268 e. The number of fused-ring (bicyclic) bond motifs is 1. The molecule has 4 aromatic heterocycles. The monoisotopic (exact) mass is 469 g/mol. The average molecular weight is 470 g/mol. The number of nitrogens with zero attached hydrogens (tertiary/aromatic N) is 4. The molecule has 0 saturated carbocycles. The Balaban J connectivity index is 1.33. The number of H-pyrrole nitrogens is 1. The molecule has 7 nitrogen and oxygen atoms in total. The van der Waals surface area contributed by atoms with Crippen LogP contribution in [0, 0.1) is 0 Å². The summed E-state index contributed by atoms with van der Waals surface area (Å²) < 4.78 is 0.619. The standard InChI is InChI=1S/C21H19N5O2S3/c1-25(11-18-22-13-6-9-31-20(13)21(28)23-18)12-19(27)26-15(17-5-3-8-30-17)10-14(24-26)16-4-2-7-29-16/h2-9,15H,10-12H2,1H3,(H,22,23,28)/t15-/m1/s1. The molecule has 1 aliphatic heterocycles. The van der Waals surface area contributed by atoms with Gasteiger partial charge in [0.05, 0.1) is 35.2 Å². The predicted octanol–water partition coefficient (Wildman–Crippen LogP) is 3.92. The van der Waals surface area contributed by atoms with Gasteiger partial charge in [-0.1, -0.05) is 12.1 Å². The van der Waals surface area contributed by atoms with Crippen LogP contribution in [0.15, 0.2) is 56.4 Å². The van der Waals surface area contributed by atoms with E-state index in [0.717, 1.165) is 15.5 Å². The van der Waals surface area contributed by atoms with Crippen molar-refractivity contribution in [3.05, 3.63) is 72.4 Å². The molecular weight excluding hydrogens is 450 g/mol. The zero-order valence-corrected chi connectivity index (χ0v) is 19.1. The van der Waals surface area contributed by atoms with Crippen molar-refractivity contribution < 1.29 is 4.79 Å². The van der Waals surface area contributed by atoms with Crippen LogP contribution in [0.25, 0.3) is 10.2 Å². The number of aromatic nitrogens is 2. The third-order valence-corrected chi connectivity index (χ3v) is 7.83. The van der Waals surface area contributed by atoms with Crippen LogP contribution in [0.2, 0.25) is 0 Å². The molecule has 5 heterocycles. The van der Waals surface area contributed by atoms with Gasteiger partial charge in [0, 0.05) is 11.3 Å². The molecule has 0 radical (unpaired) electrons. The Labute approximate surface area is 190 Å². The van der Waals surface area contributed by atoms with Crippen LogP contribution < -0.4 is 5.56 Å². The van der Waals surface area contributed by atoms with Crippen molar-refractivity contribution in [2.24, 2.45) is 5.10 Å². The number of amides is 1. The molecule has 0 unspecified atom stereocenters. The molecule has 31 heavy (non-hydrogen) atoms. The average Bonchev–Trinajstić information content (AvgIpc) is 3.54. The minimum atomic E-state index is -0.141. The number of carbonyl (C=O) groups is 1. The van der Waals surface area contributed by atoms with Crippen LogP contribution in [0.3, 0.4) is 0 Å². The third-order valence-electron chi connectivity index (χ3n) is 5.03. The van der Waals surface area contributed by atoms with Crippen LogP contribution >= 0.6 is 34.0 Å². The summed E-state index contributed by atoms with van der Waals surface area (Å²) in [5, 5.41) is 12.2. The number of thiophene rings is 3. The van der Waals surface area contributed by atoms with Gasteiger partial charge in [-0.25, -0.2) is 9.99 Å². The maximum absolute atomic E-state index is 13.2. The second-order valence-corrected chi connectivity index (χ2v) is 10.2. The van der Waals surface area contributed by atoms with Gasteiger partial charge >= 0.3 is 0 Å². The van der Waals surface area contributed by atoms with Crippen molar-refractivity contribution in [1.29, 1.82) is 0 Å². The van der Waals surface area contributed by atoms with E-state index >= 15 is 0 Å². The van der Waals surface area contributed by atoms with Crippen LogP contribution in [0.4, 0.5) is 0 Å². The second kappa shape index (κ2) is 8.46. The summed E-state index contributed by atoms with van der Waals surface area (Å²) in [5.41, 5.74) is 1.49. The van der Waals surface area contributed by atoms with Gasteiger partial charge in [0.2, 0.25) is 0 Å². The van der Waals surface area contributed by atoms with Crippen molar-refractivity contribution >= 4 is 55.8 Å². The van der Waals surface area contributed by atoms with E-state index in [1.807, 2.05) is 52.4 Å². The van der Waals surface area contributed by atoms with E-state index in [2.05, 4.69) is 16.0 Å². The number of hydrogen-bond donors (Lipinski definition) is 1. The van der Waals surface area contributed by atoms with Crippen molar-refractivity contribution in [2.45, 2.75) is 19.0 Å². The first-order valence-corrected chi connectivity index (χ1v) is 12.3. The summed E-state index contributed by atoms with van der Waals surface area (Å²) >= 11 is 4.65. The predicted molar refractivity (Wildman–Crippen MR) is 126 cm³/mol. The van der Waals surface area contributed by atoms with Gasteiger partial charge in [0.1, 0.15) is 10.5 Å².